The van der Waals surface area contributed by atoms with Crippen LogP contribution in [0.2, 0.25) is 0 Å². The van der Waals surface area contributed by atoms with Crippen LogP contribution in [0.3, 0.4) is 0 Å². The lowest BCUT2D eigenvalue weighted by Gasteiger charge is -2.12. The van der Waals surface area contributed by atoms with Gasteiger partial charge in [-0.3, -0.25) is 0 Å². The Morgan fingerprint density at radius 1 is 1.17 bits per heavy atom. The van der Waals surface area contributed by atoms with Crippen molar-refractivity contribution in [3.05, 3.63) is 29.8 Å². The van der Waals surface area contributed by atoms with E-state index in [0.717, 1.165) is 25.1 Å². The van der Waals surface area contributed by atoms with E-state index in [1.165, 1.54) is 5.56 Å². The van der Waals surface area contributed by atoms with Crippen LogP contribution in [-0.2, 0) is 11.2 Å². The number of aryl methyl sites for hydroxylation is 1. The van der Waals surface area contributed by atoms with Gasteiger partial charge < -0.3 is 14.8 Å². The number of methoxy groups -OCH3 is 1. The third-order valence-electron chi connectivity index (χ3n) is 2.69. The van der Waals surface area contributed by atoms with Crippen molar-refractivity contribution < 1.29 is 9.47 Å². The highest BCUT2D eigenvalue weighted by Crippen LogP contribution is 2.19. The van der Waals surface area contributed by atoms with Crippen molar-refractivity contribution in [2.75, 3.05) is 26.9 Å². The Labute approximate surface area is 110 Å². The zero-order valence-electron chi connectivity index (χ0n) is 11.7. The molecule has 0 radical (unpaired) electrons. The summed E-state index contributed by atoms with van der Waals surface area (Å²) in [5.41, 5.74) is 1.28. The number of rotatable bonds is 9. The molecule has 1 aromatic rings. The standard InChI is InChI=1S/C15H25NO2/c1-13(2)16-10-6-8-14-7-4-5-9-15(14)18-12-11-17-3/h4-5,7,9,13,16H,6,8,10-12H2,1-3H3. The molecule has 0 aliphatic heterocycles. The van der Waals surface area contributed by atoms with Crippen molar-refractivity contribution in [1.29, 1.82) is 0 Å². The summed E-state index contributed by atoms with van der Waals surface area (Å²) in [5, 5.41) is 3.43. The van der Waals surface area contributed by atoms with E-state index in [-0.39, 0.29) is 0 Å². The van der Waals surface area contributed by atoms with Gasteiger partial charge in [0.2, 0.25) is 0 Å². The quantitative estimate of drug-likeness (QED) is 0.684. The van der Waals surface area contributed by atoms with Gasteiger partial charge in [0.25, 0.3) is 0 Å². The fourth-order valence-electron chi connectivity index (χ4n) is 1.76. The Kier molecular flexibility index (Phi) is 7.46. The van der Waals surface area contributed by atoms with E-state index in [4.69, 9.17) is 9.47 Å². The van der Waals surface area contributed by atoms with Crippen molar-refractivity contribution in [3.8, 4) is 5.75 Å². The molecule has 0 bridgehead atoms. The molecule has 1 rings (SSSR count). The van der Waals surface area contributed by atoms with Crippen LogP contribution < -0.4 is 10.1 Å². The van der Waals surface area contributed by atoms with Crippen LogP contribution >= 0.6 is 0 Å². The van der Waals surface area contributed by atoms with Gasteiger partial charge >= 0.3 is 0 Å². The molecular weight excluding hydrogens is 226 g/mol. The maximum absolute atomic E-state index is 5.71. The van der Waals surface area contributed by atoms with Gasteiger partial charge in [-0.25, -0.2) is 0 Å². The van der Waals surface area contributed by atoms with Crippen LogP contribution in [0.25, 0.3) is 0 Å². The second-order valence-electron chi connectivity index (χ2n) is 4.66. The first-order valence-electron chi connectivity index (χ1n) is 6.67. The first-order valence-corrected chi connectivity index (χ1v) is 6.67. The monoisotopic (exact) mass is 251 g/mol. The van der Waals surface area contributed by atoms with Gasteiger partial charge in [0.1, 0.15) is 12.4 Å². The molecular formula is C15H25NO2. The molecule has 0 saturated carbocycles. The van der Waals surface area contributed by atoms with Crippen LogP contribution in [0.5, 0.6) is 5.75 Å². The molecule has 3 nitrogen and oxygen atoms in total. The average molecular weight is 251 g/mol. The number of benzene rings is 1. The average Bonchev–Trinajstić information content (AvgIpc) is 2.36. The smallest absolute Gasteiger partial charge is 0.122 e. The summed E-state index contributed by atoms with van der Waals surface area (Å²) in [6.07, 6.45) is 2.17. The molecule has 0 atom stereocenters. The molecule has 0 aromatic heterocycles. The molecule has 0 aliphatic rings. The Bertz CT molecular complexity index is 326. The largest absolute Gasteiger partial charge is 0.491 e. The molecule has 1 aromatic carbocycles. The van der Waals surface area contributed by atoms with E-state index in [1.807, 2.05) is 12.1 Å². The minimum absolute atomic E-state index is 0.554. The zero-order chi connectivity index (χ0) is 13.2. The lowest BCUT2D eigenvalue weighted by Crippen LogP contribution is -2.23. The van der Waals surface area contributed by atoms with Gasteiger partial charge in [-0.2, -0.15) is 0 Å². The molecule has 1 N–H and O–H groups in total. The van der Waals surface area contributed by atoms with Gasteiger partial charge in [-0.1, -0.05) is 32.0 Å². The second kappa shape index (κ2) is 8.95. The predicted molar refractivity (Wildman–Crippen MR) is 75.3 cm³/mol. The highest BCUT2D eigenvalue weighted by Gasteiger charge is 2.02. The van der Waals surface area contributed by atoms with Crippen LogP contribution in [0.1, 0.15) is 25.8 Å². The minimum atomic E-state index is 0.554. The van der Waals surface area contributed by atoms with Crippen molar-refractivity contribution in [1.82, 2.24) is 5.32 Å². The summed E-state index contributed by atoms with van der Waals surface area (Å²) in [6.45, 7) is 6.62. The van der Waals surface area contributed by atoms with E-state index < -0.39 is 0 Å². The highest BCUT2D eigenvalue weighted by atomic mass is 16.5. The molecule has 0 fully saturated rings. The van der Waals surface area contributed by atoms with Gasteiger partial charge in [-0.15, -0.1) is 0 Å². The normalized spacial score (nSPS) is 10.9. The first kappa shape index (κ1) is 15.0. The fourth-order valence-corrected chi connectivity index (χ4v) is 1.76. The van der Waals surface area contributed by atoms with Crippen LogP contribution in [-0.4, -0.2) is 32.9 Å². The second-order valence-corrected chi connectivity index (χ2v) is 4.66. The first-order chi connectivity index (χ1) is 8.74. The highest BCUT2D eigenvalue weighted by molar-refractivity contribution is 5.33. The number of hydrogen-bond acceptors (Lipinski definition) is 3. The summed E-state index contributed by atoms with van der Waals surface area (Å²) < 4.78 is 10.7. The molecule has 18 heavy (non-hydrogen) atoms. The van der Waals surface area contributed by atoms with Gasteiger partial charge in [0.05, 0.1) is 6.61 Å². The van der Waals surface area contributed by atoms with Crippen LogP contribution in [0.15, 0.2) is 24.3 Å². The fraction of sp³-hybridized carbons (Fsp3) is 0.600. The zero-order valence-corrected chi connectivity index (χ0v) is 11.7. The Morgan fingerprint density at radius 2 is 1.94 bits per heavy atom. The van der Waals surface area contributed by atoms with E-state index in [9.17, 15) is 0 Å². The molecule has 0 aliphatic carbocycles. The molecule has 3 heteroatoms. The molecule has 0 amide bonds. The third kappa shape index (κ3) is 6.03. The van der Waals surface area contributed by atoms with Crippen LogP contribution in [0.4, 0.5) is 0 Å². The number of para-hydroxylation sites is 1. The SMILES string of the molecule is COCCOc1ccccc1CCCNC(C)C. The molecule has 0 spiro atoms. The molecule has 0 saturated heterocycles. The van der Waals surface area contributed by atoms with Gasteiger partial charge in [0.15, 0.2) is 0 Å². The van der Waals surface area contributed by atoms with Crippen molar-refractivity contribution in [3.63, 3.8) is 0 Å². The maximum atomic E-state index is 5.71. The predicted octanol–water partition coefficient (Wildman–Crippen LogP) is 2.64. The van der Waals surface area contributed by atoms with Gasteiger partial charge in [0, 0.05) is 13.2 Å². The van der Waals surface area contributed by atoms with E-state index in [1.54, 1.807) is 7.11 Å². The van der Waals surface area contributed by atoms with E-state index >= 15 is 0 Å². The van der Waals surface area contributed by atoms with Crippen LogP contribution in [0, 0.1) is 0 Å². The number of nitrogens with one attached hydrogen (secondary N) is 1. The van der Waals surface area contributed by atoms with Crippen molar-refractivity contribution in [2.45, 2.75) is 32.7 Å². The summed E-state index contributed by atoms with van der Waals surface area (Å²) in [5.74, 6) is 0.985. The van der Waals surface area contributed by atoms with Gasteiger partial charge in [-0.05, 0) is 31.0 Å². The van der Waals surface area contributed by atoms with E-state index in [0.29, 0.717) is 19.3 Å². The lowest BCUT2D eigenvalue weighted by atomic mass is 10.1. The maximum Gasteiger partial charge on any atom is 0.122 e. The summed E-state index contributed by atoms with van der Waals surface area (Å²) in [6, 6.07) is 8.79. The number of ether oxygens (including phenoxy) is 2. The Hall–Kier alpha value is -1.06. The molecule has 0 heterocycles. The topological polar surface area (TPSA) is 30.5 Å². The minimum Gasteiger partial charge on any atom is -0.491 e. The Balaban J connectivity index is 2.38. The third-order valence-corrected chi connectivity index (χ3v) is 2.69. The summed E-state index contributed by atoms with van der Waals surface area (Å²) in [7, 11) is 1.69. The van der Waals surface area contributed by atoms with Crippen molar-refractivity contribution >= 4 is 0 Å². The summed E-state index contributed by atoms with van der Waals surface area (Å²) >= 11 is 0. The molecule has 102 valence electrons. The van der Waals surface area contributed by atoms with E-state index in [2.05, 4.69) is 31.3 Å². The lowest BCUT2D eigenvalue weighted by molar-refractivity contribution is 0.145. The van der Waals surface area contributed by atoms with Crippen molar-refractivity contribution in [2.24, 2.45) is 0 Å². The summed E-state index contributed by atoms with van der Waals surface area (Å²) in [4.78, 5) is 0. The number of hydrogen-bond donors (Lipinski definition) is 1. The molecule has 0 unspecified atom stereocenters. The Morgan fingerprint density at radius 3 is 2.67 bits per heavy atom.